The highest BCUT2D eigenvalue weighted by Gasteiger charge is 2.25. The molecule has 1 aromatic rings. The number of H-pyrrole nitrogens is 1. The number of aryl methyl sites for hydroxylation is 1. The van der Waals surface area contributed by atoms with Crippen LogP contribution in [0.5, 0.6) is 0 Å². The van der Waals surface area contributed by atoms with Gasteiger partial charge in [-0.15, -0.1) is 0 Å². The highest BCUT2D eigenvalue weighted by Crippen LogP contribution is 2.31. The number of nitrogens with one attached hydrogen (secondary N) is 2. The molecule has 1 fully saturated rings. The van der Waals surface area contributed by atoms with Gasteiger partial charge in [-0.05, 0) is 19.4 Å². The summed E-state index contributed by atoms with van der Waals surface area (Å²) in [6.07, 6.45) is 5.97. The number of aromatic amines is 1. The van der Waals surface area contributed by atoms with Crippen molar-refractivity contribution in [3.05, 3.63) is 20.7 Å². The standard InChI is InChI=1S/C13H22N4O2S/c1-3-14-9-7-5-4-6-8-10(9)20-13-15-11(18)12(19)16-17(13)2/h9-10,14H,3-8H2,1-2H3,(H,16,19). The highest BCUT2D eigenvalue weighted by molar-refractivity contribution is 7.99. The molecule has 0 spiro atoms. The van der Waals surface area contributed by atoms with Gasteiger partial charge < -0.3 is 5.32 Å². The molecule has 112 valence electrons. The summed E-state index contributed by atoms with van der Waals surface area (Å²) in [6.45, 7) is 3.06. The lowest BCUT2D eigenvalue weighted by molar-refractivity contribution is 0.480. The fourth-order valence-electron chi connectivity index (χ4n) is 2.61. The molecule has 1 saturated carbocycles. The van der Waals surface area contributed by atoms with Crippen LogP contribution in [-0.2, 0) is 7.05 Å². The van der Waals surface area contributed by atoms with Crippen molar-refractivity contribution in [1.29, 1.82) is 0 Å². The molecule has 0 saturated heterocycles. The SMILES string of the molecule is CCNC1CCCCCC1Sc1nc(=O)c(=O)[nH]n1C. The van der Waals surface area contributed by atoms with Crippen molar-refractivity contribution in [3.63, 3.8) is 0 Å². The Bertz CT molecular complexity index is 554. The van der Waals surface area contributed by atoms with Gasteiger partial charge in [-0.25, -0.2) is 0 Å². The smallest absolute Gasteiger partial charge is 0.313 e. The van der Waals surface area contributed by atoms with E-state index in [0.29, 0.717) is 16.4 Å². The topological polar surface area (TPSA) is 79.8 Å². The molecule has 2 N–H and O–H groups in total. The van der Waals surface area contributed by atoms with Crippen molar-refractivity contribution >= 4 is 11.8 Å². The van der Waals surface area contributed by atoms with E-state index in [2.05, 4.69) is 22.3 Å². The van der Waals surface area contributed by atoms with E-state index in [0.717, 1.165) is 19.4 Å². The fourth-order valence-corrected chi connectivity index (χ4v) is 3.90. The summed E-state index contributed by atoms with van der Waals surface area (Å²) in [4.78, 5) is 26.5. The van der Waals surface area contributed by atoms with Gasteiger partial charge in [0.15, 0.2) is 5.16 Å². The molecule has 1 aliphatic rings. The Balaban J connectivity index is 2.19. The molecule has 2 rings (SSSR count). The number of hydrogen-bond acceptors (Lipinski definition) is 5. The van der Waals surface area contributed by atoms with Crippen LogP contribution < -0.4 is 16.4 Å². The molecule has 20 heavy (non-hydrogen) atoms. The predicted molar refractivity (Wildman–Crippen MR) is 80.3 cm³/mol. The van der Waals surface area contributed by atoms with Gasteiger partial charge in [0.2, 0.25) is 0 Å². The van der Waals surface area contributed by atoms with E-state index < -0.39 is 11.1 Å². The summed E-state index contributed by atoms with van der Waals surface area (Å²) in [5.41, 5.74) is -1.37. The summed E-state index contributed by atoms with van der Waals surface area (Å²) in [5, 5.41) is 7.01. The molecule has 2 atom stereocenters. The van der Waals surface area contributed by atoms with Crippen LogP contribution in [0.15, 0.2) is 14.7 Å². The maximum atomic E-state index is 11.4. The average Bonchev–Trinajstić information content (AvgIpc) is 2.62. The molecule has 0 amide bonds. The number of thioether (sulfide) groups is 1. The van der Waals surface area contributed by atoms with Crippen LogP contribution in [-0.4, -0.2) is 32.6 Å². The van der Waals surface area contributed by atoms with E-state index in [4.69, 9.17) is 0 Å². The Kier molecular flexibility index (Phi) is 5.42. The second-order valence-corrected chi connectivity index (χ2v) is 6.36. The first-order valence-electron chi connectivity index (χ1n) is 7.19. The first-order valence-corrected chi connectivity index (χ1v) is 8.07. The molecule has 0 aliphatic heterocycles. The van der Waals surface area contributed by atoms with Gasteiger partial charge in [0, 0.05) is 18.3 Å². The summed E-state index contributed by atoms with van der Waals surface area (Å²) in [7, 11) is 1.72. The second-order valence-electron chi connectivity index (χ2n) is 5.16. The molecule has 0 aromatic carbocycles. The molecule has 1 aromatic heterocycles. The molecule has 0 bridgehead atoms. The Morgan fingerprint density at radius 2 is 2.10 bits per heavy atom. The number of hydrogen-bond donors (Lipinski definition) is 2. The maximum Gasteiger partial charge on any atom is 0.339 e. The fraction of sp³-hybridized carbons (Fsp3) is 0.769. The van der Waals surface area contributed by atoms with Crippen molar-refractivity contribution in [2.75, 3.05) is 6.54 Å². The molecule has 6 nitrogen and oxygen atoms in total. The Morgan fingerprint density at radius 1 is 1.35 bits per heavy atom. The normalized spacial score (nSPS) is 23.5. The zero-order chi connectivity index (χ0) is 14.5. The molecule has 0 radical (unpaired) electrons. The van der Waals surface area contributed by atoms with Gasteiger partial charge in [-0.1, -0.05) is 37.9 Å². The maximum absolute atomic E-state index is 11.4. The zero-order valence-electron chi connectivity index (χ0n) is 12.0. The summed E-state index contributed by atoms with van der Waals surface area (Å²) >= 11 is 1.59. The van der Waals surface area contributed by atoms with E-state index in [1.165, 1.54) is 19.3 Å². The zero-order valence-corrected chi connectivity index (χ0v) is 12.8. The Morgan fingerprint density at radius 3 is 2.85 bits per heavy atom. The van der Waals surface area contributed by atoms with Crippen LogP contribution in [0.25, 0.3) is 0 Å². The first-order chi connectivity index (χ1) is 9.61. The summed E-state index contributed by atoms with van der Waals surface area (Å²) < 4.78 is 1.54. The van der Waals surface area contributed by atoms with E-state index in [1.54, 1.807) is 23.5 Å². The van der Waals surface area contributed by atoms with Crippen molar-refractivity contribution in [3.8, 4) is 0 Å². The van der Waals surface area contributed by atoms with Gasteiger partial charge in [0.25, 0.3) is 0 Å². The van der Waals surface area contributed by atoms with Gasteiger partial charge in [-0.2, -0.15) is 4.98 Å². The van der Waals surface area contributed by atoms with E-state index in [1.807, 2.05) is 0 Å². The number of nitrogens with zero attached hydrogens (tertiary/aromatic N) is 2. The van der Waals surface area contributed by atoms with Gasteiger partial charge >= 0.3 is 11.1 Å². The molecular formula is C13H22N4O2S. The van der Waals surface area contributed by atoms with Crippen molar-refractivity contribution in [2.45, 2.75) is 55.5 Å². The summed E-state index contributed by atoms with van der Waals surface area (Å²) in [5.74, 6) is 0. The van der Waals surface area contributed by atoms with Crippen molar-refractivity contribution in [1.82, 2.24) is 20.1 Å². The van der Waals surface area contributed by atoms with Gasteiger partial charge in [0.1, 0.15) is 0 Å². The highest BCUT2D eigenvalue weighted by atomic mass is 32.2. The van der Waals surface area contributed by atoms with Gasteiger partial charge in [-0.3, -0.25) is 19.4 Å². The van der Waals surface area contributed by atoms with E-state index in [9.17, 15) is 9.59 Å². The summed E-state index contributed by atoms with van der Waals surface area (Å²) in [6, 6.07) is 0.441. The Labute approximate surface area is 122 Å². The van der Waals surface area contributed by atoms with Crippen LogP contribution in [0.4, 0.5) is 0 Å². The molecule has 1 aliphatic carbocycles. The van der Waals surface area contributed by atoms with Crippen LogP contribution in [0.3, 0.4) is 0 Å². The van der Waals surface area contributed by atoms with E-state index >= 15 is 0 Å². The Hall–Kier alpha value is -1.08. The third kappa shape index (κ3) is 3.73. The number of rotatable bonds is 4. The molecule has 7 heteroatoms. The van der Waals surface area contributed by atoms with Gasteiger partial charge in [0.05, 0.1) is 0 Å². The van der Waals surface area contributed by atoms with Crippen molar-refractivity contribution in [2.24, 2.45) is 7.05 Å². The predicted octanol–water partition coefficient (Wildman–Crippen LogP) is 0.871. The minimum atomic E-state index is -0.709. The number of aromatic nitrogens is 3. The monoisotopic (exact) mass is 298 g/mol. The lowest BCUT2D eigenvalue weighted by atomic mass is 10.1. The molecule has 1 heterocycles. The first kappa shape index (κ1) is 15.3. The van der Waals surface area contributed by atoms with E-state index in [-0.39, 0.29) is 0 Å². The third-order valence-corrected chi connectivity index (χ3v) is 5.07. The lowest BCUT2D eigenvalue weighted by Gasteiger charge is -2.25. The average molecular weight is 298 g/mol. The third-order valence-electron chi connectivity index (χ3n) is 3.62. The molecular weight excluding hydrogens is 276 g/mol. The second kappa shape index (κ2) is 7.08. The van der Waals surface area contributed by atoms with Crippen LogP contribution >= 0.6 is 11.8 Å². The minimum Gasteiger partial charge on any atom is -0.313 e. The largest absolute Gasteiger partial charge is 0.339 e. The lowest BCUT2D eigenvalue weighted by Crippen LogP contribution is -2.38. The molecule has 2 unspecified atom stereocenters. The van der Waals surface area contributed by atoms with Crippen LogP contribution in [0.2, 0.25) is 0 Å². The van der Waals surface area contributed by atoms with Crippen LogP contribution in [0.1, 0.15) is 39.0 Å². The van der Waals surface area contributed by atoms with Crippen molar-refractivity contribution < 1.29 is 0 Å². The quantitative estimate of drug-likeness (QED) is 0.637. The minimum absolute atomic E-state index is 0.390. The van der Waals surface area contributed by atoms with Crippen LogP contribution in [0, 0.1) is 0 Å².